The molecule has 1 fully saturated rings. The van der Waals surface area contributed by atoms with Crippen LogP contribution in [0.25, 0.3) is 27.7 Å². The molecular formula is C35H32FNO4. The van der Waals surface area contributed by atoms with E-state index in [4.69, 9.17) is 14.2 Å². The van der Waals surface area contributed by atoms with Crippen LogP contribution in [0.4, 0.5) is 4.39 Å². The number of nitrogens with zero attached hydrogens (tertiary/aromatic N) is 1. The monoisotopic (exact) mass is 549 g/mol. The molecule has 41 heavy (non-hydrogen) atoms. The molecule has 0 radical (unpaired) electrons. The number of fused-ring (bicyclic) bond motifs is 1. The summed E-state index contributed by atoms with van der Waals surface area (Å²) < 4.78 is 33.6. The first-order valence-corrected chi connectivity index (χ1v) is 13.9. The SMILES string of the molecule is COC(=O)c1ccc(-c2c(C3CCOCC3)n(-c3ccc(F)c(C)c3)c3ccc(OCc4ccccc4)cc23)cc1. The van der Waals surface area contributed by atoms with Gasteiger partial charge in [-0.05, 0) is 85.0 Å². The molecule has 0 saturated carbocycles. The lowest BCUT2D eigenvalue weighted by Gasteiger charge is -2.26. The Morgan fingerprint density at radius 2 is 1.71 bits per heavy atom. The zero-order valence-corrected chi connectivity index (χ0v) is 23.2. The molecule has 2 heterocycles. The first-order chi connectivity index (χ1) is 20.0. The van der Waals surface area contributed by atoms with Crippen molar-refractivity contribution in [2.75, 3.05) is 20.3 Å². The van der Waals surface area contributed by atoms with Crippen molar-refractivity contribution in [2.45, 2.75) is 32.3 Å². The number of carbonyl (C=O) groups excluding carboxylic acids is 1. The van der Waals surface area contributed by atoms with Gasteiger partial charge in [0.25, 0.3) is 0 Å². The topological polar surface area (TPSA) is 49.7 Å². The number of aryl methyl sites for hydroxylation is 1. The van der Waals surface area contributed by atoms with E-state index in [1.807, 2.05) is 60.7 Å². The molecule has 0 atom stereocenters. The molecule has 1 aliphatic rings. The molecule has 208 valence electrons. The maximum Gasteiger partial charge on any atom is 0.337 e. The van der Waals surface area contributed by atoms with E-state index in [0.717, 1.165) is 57.6 Å². The van der Waals surface area contributed by atoms with E-state index in [2.05, 4.69) is 16.7 Å². The van der Waals surface area contributed by atoms with Crippen LogP contribution in [0.5, 0.6) is 5.75 Å². The minimum atomic E-state index is -0.373. The molecular weight excluding hydrogens is 517 g/mol. The lowest BCUT2D eigenvalue weighted by atomic mass is 9.89. The maximum atomic E-state index is 14.4. The first-order valence-electron chi connectivity index (χ1n) is 13.9. The van der Waals surface area contributed by atoms with Crippen LogP contribution >= 0.6 is 0 Å². The average molecular weight is 550 g/mol. The normalized spacial score (nSPS) is 13.8. The summed E-state index contributed by atoms with van der Waals surface area (Å²) in [6.45, 7) is 3.61. The van der Waals surface area contributed by atoms with Gasteiger partial charge in [-0.15, -0.1) is 0 Å². The summed E-state index contributed by atoms with van der Waals surface area (Å²) in [5, 5.41) is 1.03. The van der Waals surface area contributed by atoms with Gasteiger partial charge in [-0.3, -0.25) is 0 Å². The summed E-state index contributed by atoms with van der Waals surface area (Å²) in [5.41, 5.74) is 7.32. The molecule has 1 saturated heterocycles. The van der Waals surface area contributed by atoms with Crippen LogP contribution in [0.3, 0.4) is 0 Å². The van der Waals surface area contributed by atoms with Crippen LogP contribution < -0.4 is 4.74 Å². The summed E-state index contributed by atoms with van der Waals surface area (Å²) in [6, 6.07) is 29.1. The van der Waals surface area contributed by atoms with Gasteiger partial charge in [-0.1, -0.05) is 42.5 Å². The molecule has 6 heteroatoms. The molecule has 0 N–H and O–H groups in total. The number of carbonyl (C=O) groups is 1. The number of halogens is 1. The minimum Gasteiger partial charge on any atom is -0.489 e. The van der Waals surface area contributed by atoms with E-state index in [1.165, 1.54) is 13.2 Å². The van der Waals surface area contributed by atoms with Gasteiger partial charge in [-0.2, -0.15) is 0 Å². The highest BCUT2D eigenvalue weighted by atomic mass is 19.1. The quantitative estimate of drug-likeness (QED) is 0.193. The minimum absolute atomic E-state index is 0.227. The van der Waals surface area contributed by atoms with Gasteiger partial charge in [-0.25, -0.2) is 9.18 Å². The molecule has 0 bridgehead atoms. The Labute approximate surface area is 239 Å². The van der Waals surface area contributed by atoms with Gasteiger partial charge in [0.2, 0.25) is 0 Å². The predicted octanol–water partition coefficient (Wildman–Crippen LogP) is 8.00. The lowest BCUT2D eigenvalue weighted by molar-refractivity contribution is 0.0600. The Morgan fingerprint density at radius 3 is 2.41 bits per heavy atom. The Bertz CT molecular complexity index is 1690. The van der Waals surface area contributed by atoms with Crippen LogP contribution in [-0.4, -0.2) is 30.9 Å². The Balaban J connectivity index is 1.57. The smallest absolute Gasteiger partial charge is 0.337 e. The van der Waals surface area contributed by atoms with Gasteiger partial charge in [0.1, 0.15) is 18.2 Å². The molecule has 4 aromatic carbocycles. The third kappa shape index (κ3) is 5.35. The number of ether oxygens (including phenoxy) is 3. The Morgan fingerprint density at radius 1 is 0.951 bits per heavy atom. The number of hydrogen-bond acceptors (Lipinski definition) is 4. The van der Waals surface area contributed by atoms with E-state index in [0.29, 0.717) is 30.9 Å². The average Bonchev–Trinajstić information content (AvgIpc) is 3.36. The zero-order chi connectivity index (χ0) is 28.3. The van der Waals surface area contributed by atoms with Gasteiger partial charge in [0.15, 0.2) is 0 Å². The van der Waals surface area contributed by atoms with E-state index in [-0.39, 0.29) is 17.7 Å². The van der Waals surface area contributed by atoms with E-state index < -0.39 is 0 Å². The molecule has 1 aliphatic heterocycles. The second kappa shape index (κ2) is 11.6. The van der Waals surface area contributed by atoms with Gasteiger partial charge in [0.05, 0.1) is 18.2 Å². The molecule has 5 aromatic rings. The second-order valence-electron chi connectivity index (χ2n) is 10.4. The van der Waals surface area contributed by atoms with Crippen molar-refractivity contribution in [2.24, 2.45) is 0 Å². The van der Waals surface area contributed by atoms with E-state index in [9.17, 15) is 9.18 Å². The standard InChI is InChI=1S/C35H32FNO4/c1-23-20-28(12-14-31(23)36)37-32-15-13-29(41-22-24-6-4-3-5-7-24)21-30(32)33(34(37)26-16-18-40-19-17-26)25-8-10-27(11-9-25)35(38)39-2/h3-15,20-21,26H,16-19,22H2,1-2H3. The third-order valence-electron chi connectivity index (χ3n) is 7.83. The van der Waals surface area contributed by atoms with E-state index >= 15 is 0 Å². The molecule has 5 nitrogen and oxygen atoms in total. The number of benzene rings is 4. The molecule has 0 amide bonds. The number of aromatic nitrogens is 1. The van der Waals surface area contributed by atoms with Crippen molar-refractivity contribution in [1.29, 1.82) is 0 Å². The highest BCUT2D eigenvalue weighted by molar-refractivity contribution is 6.01. The molecule has 0 aliphatic carbocycles. The van der Waals surface area contributed by atoms with Crippen LogP contribution in [0.1, 0.15) is 45.9 Å². The van der Waals surface area contributed by atoms with Crippen LogP contribution in [0.2, 0.25) is 0 Å². The summed E-state index contributed by atoms with van der Waals surface area (Å²) in [7, 11) is 1.38. The fourth-order valence-corrected chi connectivity index (χ4v) is 5.72. The van der Waals surface area contributed by atoms with Crippen molar-refractivity contribution in [3.8, 4) is 22.6 Å². The fraction of sp³-hybridized carbons (Fsp3) is 0.229. The first kappa shape index (κ1) is 26.8. The molecule has 0 unspecified atom stereocenters. The molecule has 0 spiro atoms. The summed E-state index contributed by atoms with van der Waals surface area (Å²) >= 11 is 0. The molecule has 1 aromatic heterocycles. The Hall–Kier alpha value is -4.42. The van der Waals surface area contributed by atoms with Crippen molar-refractivity contribution in [3.05, 3.63) is 119 Å². The predicted molar refractivity (Wildman–Crippen MR) is 158 cm³/mol. The maximum absolute atomic E-state index is 14.4. The number of esters is 1. The fourth-order valence-electron chi connectivity index (χ4n) is 5.72. The summed E-state index contributed by atoms with van der Waals surface area (Å²) in [4.78, 5) is 12.2. The summed E-state index contributed by atoms with van der Waals surface area (Å²) in [6.07, 6.45) is 1.75. The van der Waals surface area contributed by atoms with Crippen molar-refractivity contribution < 1.29 is 23.4 Å². The highest BCUT2D eigenvalue weighted by Crippen LogP contribution is 2.44. The third-order valence-corrected chi connectivity index (χ3v) is 7.83. The van der Waals surface area contributed by atoms with Gasteiger partial charge in [0, 0.05) is 41.5 Å². The van der Waals surface area contributed by atoms with Crippen molar-refractivity contribution in [3.63, 3.8) is 0 Å². The zero-order valence-electron chi connectivity index (χ0n) is 23.2. The number of rotatable bonds is 7. The summed E-state index contributed by atoms with van der Waals surface area (Å²) in [5.74, 6) is 0.389. The van der Waals surface area contributed by atoms with Crippen LogP contribution in [0.15, 0.2) is 91.0 Å². The number of hydrogen-bond donors (Lipinski definition) is 0. The second-order valence-corrected chi connectivity index (χ2v) is 10.4. The lowest BCUT2D eigenvalue weighted by Crippen LogP contribution is -2.17. The van der Waals surface area contributed by atoms with Crippen molar-refractivity contribution >= 4 is 16.9 Å². The Kier molecular flexibility index (Phi) is 7.57. The van der Waals surface area contributed by atoms with Crippen molar-refractivity contribution in [1.82, 2.24) is 4.57 Å². The van der Waals surface area contributed by atoms with Gasteiger partial charge < -0.3 is 18.8 Å². The van der Waals surface area contributed by atoms with Crippen LogP contribution in [-0.2, 0) is 16.1 Å². The molecule has 6 rings (SSSR count). The van der Waals surface area contributed by atoms with E-state index in [1.54, 1.807) is 19.1 Å². The highest BCUT2D eigenvalue weighted by Gasteiger charge is 2.28. The van der Waals surface area contributed by atoms with Crippen LogP contribution in [0, 0.1) is 12.7 Å². The van der Waals surface area contributed by atoms with Gasteiger partial charge >= 0.3 is 5.97 Å². The largest absolute Gasteiger partial charge is 0.489 e. The number of methoxy groups -OCH3 is 1.